The van der Waals surface area contributed by atoms with E-state index in [0.717, 1.165) is 11.1 Å². The van der Waals surface area contributed by atoms with E-state index in [1.807, 2.05) is 19.9 Å². The van der Waals surface area contributed by atoms with E-state index in [1.165, 1.54) is 0 Å². The molecule has 0 aliphatic heterocycles. The molecule has 0 aliphatic rings. The highest BCUT2D eigenvalue weighted by molar-refractivity contribution is 5.85. The largest absolute Gasteiger partial charge is 0.445 e. The highest BCUT2D eigenvalue weighted by atomic mass is 16.5. The molecule has 130 valence electrons. The summed E-state index contributed by atoms with van der Waals surface area (Å²) in [6.45, 7) is 3.77. The van der Waals surface area contributed by atoms with Crippen LogP contribution in [0.25, 0.3) is 0 Å². The molecule has 1 aromatic carbocycles. The normalized spacial score (nSPS) is 11.5. The Balaban J connectivity index is 2.53. The second-order valence-electron chi connectivity index (χ2n) is 5.75. The van der Waals surface area contributed by atoms with Gasteiger partial charge in [0.15, 0.2) is 0 Å². The number of alkyl carbamates (subject to hydrolysis) is 1. The van der Waals surface area contributed by atoms with E-state index in [9.17, 15) is 9.59 Å². The van der Waals surface area contributed by atoms with Gasteiger partial charge >= 0.3 is 6.09 Å². The standard InChI is InChI=1S/C17H23N3O4/c1-12(2)9-15(16(22)19-8-7-18)20-17(23)24-11-14-5-3-13(10-21)4-6-14/h3-6,12,15,21H,8-11H2,1-2H3,(H,19,22)(H,20,23)/t15-/m0/s1. The Morgan fingerprint density at radius 1 is 1.25 bits per heavy atom. The molecule has 2 amide bonds. The number of nitrogens with zero attached hydrogens (tertiary/aromatic N) is 1. The molecule has 0 bridgehead atoms. The molecule has 7 heteroatoms. The van der Waals surface area contributed by atoms with Crippen LogP contribution in [0.1, 0.15) is 31.4 Å². The number of aliphatic hydroxyl groups excluding tert-OH is 1. The molecule has 0 heterocycles. The fourth-order valence-electron chi connectivity index (χ4n) is 2.03. The molecule has 1 aromatic rings. The van der Waals surface area contributed by atoms with Gasteiger partial charge in [-0.3, -0.25) is 4.79 Å². The lowest BCUT2D eigenvalue weighted by Crippen LogP contribution is -2.47. The third-order valence-electron chi connectivity index (χ3n) is 3.23. The summed E-state index contributed by atoms with van der Waals surface area (Å²) in [6, 6.07) is 8.07. The first-order chi connectivity index (χ1) is 11.5. The van der Waals surface area contributed by atoms with Crippen molar-refractivity contribution >= 4 is 12.0 Å². The number of carbonyl (C=O) groups is 2. The zero-order valence-corrected chi connectivity index (χ0v) is 13.9. The van der Waals surface area contributed by atoms with Crippen molar-refractivity contribution in [3.8, 4) is 6.07 Å². The number of hydrogen-bond donors (Lipinski definition) is 3. The van der Waals surface area contributed by atoms with Crippen LogP contribution in [0.3, 0.4) is 0 Å². The van der Waals surface area contributed by atoms with Crippen molar-refractivity contribution in [2.45, 2.75) is 39.5 Å². The number of amides is 2. The number of nitriles is 1. The van der Waals surface area contributed by atoms with E-state index in [0.29, 0.717) is 6.42 Å². The maximum absolute atomic E-state index is 12.0. The smallest absolute Gasteiger partial charge is 0.408 e. The fraction of sp³-hybridized carbons (Fsp3) is 0.471. The Morgan fingerprint density at radius 2 is 1.88 bits per heavy atom. The molecular weight excluding hydrogens is 310 g/mol. The summed E-state index contributed by atoms with van der Waals surface area (Å²) in [5, 5.41) is 22.5. The number of aliphatic hydroxyl groups is 1. The molecule has 1 rings (SSSR count). The van der Waals surface area contributed by atoms with Crippen molar-refractivity contribution in [1.82, 2.24) is 10.6 Å². The Hall–Kier alpha value is -2.59. The van der Waals surface area contributed by atoms with Crippen molar-refractivity contribution in [2.24, 2.45) is 5.92 Å². The Labute approximate surface area is 141 Å². The second-order valence-corrected chi connectivity index (χ2v) is 5.75. The Morgan fingerprint density at radius 3 is 2.42 bits per heavy atom. The molecule has 0 unspecified atom stereocenters. The molecule has 0 saturated heterocycles. The van der Waals surface area contributed by atoms with Crippen LogP contribution in [0, 0.1) is 17.2 Å². The van der Waals surface area contributed by atoms with Crippen LogP contribution < -0.4 is 10.6 Å². The summed E-state index contributed by atoms with van der Waals surface area (Å²) >= 11 is 0. The third kappa shape index (κ3) is 7.11. The van der Waals surface area contributed by atoms with E-state index in [4.69, 9.17) is 15.1 Å². The van der Waals surface area contributed by atoms with Crippen molar-refractivity contribution in [2.75, 3.05) is 6.54 Å². The van der Waals surface area contributed by atoms with Gasteiger partial charge in [0, 0.05) is 0 Å². The maximum atomic E-state index is 12.0. The van der Waals surface area contributed by atoms with Crippen molar-refractivity contribution < 1.29 is 19.4 Å². The van der Waals surface area contributed by atoms with Gasteiger partial charge in [-0.25, -0.2) is 4.79 Å². The van der Waals surface area contributed by atoms with Gasteiger partial charge in [0.1, 0.15) is 19.2 Å². The molecule has 0 radical (unpaired) electrons. The minimum atomic E-state index is -0.748. The van der Waals surface area contributed by atoms with Crippen molar-refractivity contribution in [3.05, 3.63) is 35.4 Å². The minimum Gasteiger partial charge on any atom is -0.445 e. The first-order valence-electron chi connectivity index (χ1n) is 7.73. The van der Waals surface area contributed by atoms with Crippen LogP contribution in [0.5, 0.6) is 0 Å². The molecule has 1 atom stereocenters. The minimum absolute atomic E-state index is 0.0453. The number of ether oxygens (including phenoxy) is 1. The first kappa shape index (κ1) is 19.5. The monoisotopic (exact) mass is 333 g/mol. The van der Waals surface area contributed by atoms with Gasteiger partial charge in [-0.05, 0) is 23.5 Å². The summed E-state index contributed by atoms with van der Waals surface area (Å²) in [6.07, 6.45) is -0.253. The first-order valence-corrected chi connectivity index (χ1v) is 7.73. The van der Waals surface area contributed by atoms with Gasteiger partial charge in [0.25, 0.3) is 0 Å². The highest BCUT2D eigenvalue weighted by Gasteiger charge is 2.22. The molecule has 24 heavy (non-hydrogen) atoms. The molecular formula is C17H23N3O4. The summed E-state index contributed by atoms with van der Waals surface area (Å²) in [7, 11) is 0. The van der Waals surface area contributed by atoms with Gasteiger partial charge in [0.05, 0.1) is 12.7 Å². The summed E-state index contributed by atoms with van der Waals surface area (Å²) in [4.78, 5) is 23.9. The lowest BCUT2D eigenvalue weighted by Gasteiger charge is -2.19. The zero-order chi connectivity index (χ0) is 17.9. The van der Waals surface area contributed by atoms with Crippen LogP contribution in [0.15, 0.2) is 24.3 Å². The summed E-state index contributed by atoms with van der Waals surface area (Å²) in [5.74, 6) is -0.219. The number of carbonyl (C=O) groups excluding carboxylic acids is 2. The van der Waals surface area contributed by atoms with E-state index in [2.05, 4.69) is 10.6 Å². The van der Waals surface area contributed by atoms with Crippen molar-refractivity contribution in [1.29, 1.82) is 5.26 Å². The molecule has 0 fully saturated rings. The van der Waals surface area contributed by atoms with E-state index in [1.54, 1.807) is 24.3 Å². The quantitative estimate of drug-likeness (QED) is 0.624. The topological polar surface area (TPSA) is 111 Å². The molecule has 0 saturated carbocycles. The van der Waals surface area contributed by atoms with E-state index >= 15 is 0 Å². The average Bonchev–Trinajstić information content (AvgIpc) is 2.57. The van der Waals surface area contributed by atoms with E-state index in [-0.39, 0.29) is 25.7 Å². The Kier molecular flexibility index (Phi) is 8.30. The molecule has 0 aliphatic carbocycles. The molecule has 0 spiro atoms. The van der Waals surface area contributed by atoms with Crippen LogP contribution in [0.4, 0.5) is 4.79 Å². The Bertz CT molecular complexity index is 578. The lowest BCUT2D eigenvalue weighted by atomic mass is 10.0. The van der Waals surface area contributed by atoms with Crippen LogP contribution in [-0.2, 0) is 22.7 Å². The van der Waals surface area contributed by atoms with E-state index < -0.39 is 18.0 Å². The van der Waals surface area contributed by atoms with Crippen molar-refractivity contribution in [3.63, 3.8) is 0 Å². The predicted molar refractivity (Wildman–Crippen MR) is 87.6 cm³/mol. The van der Waals surface area contributed by atoms with Gasteiger partial charge in [-0.2, -0.15) is 5.26 Å². The van der Waals surface area contributed by atoms with Gasteiger partial charge in [0.2, 0.25) is 5.91 Å². The maximum Gasteiger partial charge on any atom is 0.408 e. The summed E-state index contributed by atoms with van der Waals surface area (Å²) in [5.41, 5.74) is 1.55. The number of nitrogens with one attached hydrogen (secondary N) is 2. The molecule has 0 aromatic heterocycles. The summed E-state index contributed by atoms with van der Waals surface area (Å²) < 4.78 is 5.11. The van der Waals surface area contributed by atoms with Gasteiger partial charge < -0.3 is 20.5 Å². The third-order valence-corrected chi connectivity index (χ3v) is 3.23. The molecule has 3 N–H and O–H groups in total. The number of benzene rings is 1. The van der Waals surface area contributed by atoms with Crippen LogP contribution >= 0.6 is 0 Å². The number of hydrogen-bond acceptors (Lipinski definition) is 5. The number of rotatable bonds is 8. The SMILES string of the molecule is CC(C)C[C@H](NC(=O)OCc1ccc(CO)cc1)C(=O)NCC#N. The lowest BCUT2D eigenvalue weighted by molar-refractivity contribution is -0.123. The second kappa shape index (κ2) is 10.2. The van der Waals surface area contributed by atoms with Crippen LogP contribution in [-0.4, -0.2) is 29.7 Å². The van der Waals surface area contributed by atoms with Gasteiger partial charge in [-0.1, -0.05) is 38.1 Å². The zero-order valence-electron chi connectivity index (χ0n) is 13.9. The average molecular weight is 333 g/mol. The highest BCUT2D eigenvalue weighted by Crippen LogP contribution is 2.08. The fourth-order valence-corrected chi connectivity index (χ4v) is 2.03. The predicted octanol–water partition coefficient (Wildman–Crippen LogP) is 1.46. The molecule has 7 nitrogen and oxygen atoms in total. The van der Waals surface area contributed by atoms with Gasteiger partial charge in [-0.15, -0.1) is 0 Å². The van der Waals surface area contributed by atoms with Crippen LogP contribution in [0.2, 0.25) is 0 Å².